The summed E-state index contributed by atoms with van der Waals surface area (Å²) in [7, 11) is 0. The number of carbonyl (C=O) groups is 1. The van der Waals surface area contributed by atoms with Crippen LogP contribution in [0.15, 0.2) is 78.7 Å². The minimum Gasteiger partial charge on any atom is -0.452 e. The molecule has 0 radical (unpaired) electrons. The number of rotatable bonds is 5. The number of fused-ring (bicyclic) bond motifs is 1. The average molecular weight is 460 g/mol. The van der Waals surface area contributed by atoms with Gasteiger partial charge in [-0.2, -0.15) is 10.2 Å². The molecule has 0 unspecified atom stereocenters. The van der Waals surface area contributed by atoms with Crippen LogP contribution in [0.2, 0.25) is 0 Å². The van der Waals surface area contributed by atoms with Crippen molar-refractivity contribution >= 4 is 23.5 Å². The zero-order chi connectivity index (χ0) is 24.4. The van der Waals surface area contributed by atoms with Crippen molar-refractivity contribution < 1.29 is 14.3 Å². The second-order valence-electron chi connectivity index (χ2n) is 8.01. The molecule has 2 heterocycles. The SMILES string of the molecule is Cc1cc2c(c(C)c1Oc1ccnc(Nc3ccc(C#N)cc3)n1)O/C(=C\c1ccccc1)C2=O. The van der Waals surface area contributed by atoms with E-state index in [1.807, 2.05) is 44.2 Å². The highest BCUT2D eigenvalue weighted by Crippen LogP contribution is 2.42. The Morgan fingerprint density at radius 2 is 1.83 bits per heavy atom. The number of carbonyl (C=O) groups excluding carboxylic acids is 1. The van der Waals surface area contributed by atoms with E-state index in [0.717, 1.165) is 16.8 Å². The van der Waals surface area contributed by atoms with Crippen LogP contribution >= 0.6 is 0 Å². The highest BCUT2D eigenvalue weighted by molar-refractivity contribution is 6.15. The molecule has 1 N–H and O–H groups in total. The van der Waals surface area contributed by atoms with Crippen molar-refractivity contribution in [2.24, 2.45) is 0 Å². The maximum absolute atomic E-state index is 13.0. The van der Waals surface area contributed by atoms with Crippen LogP contribution in [0.1, 0.15) is 32.6 Å². The molecule has 35 heavy (non-hydrogen) atoms. The molecule has 7 nitrogen and oxygen atoms in total. The van der Waals surface area contributed by atoms with E-state index >= 15 is 0 Å². The molecule has 1 aliphatic heterocycles. The lowest BCUT2D eigenvalue weighted by Crippen LogP contribution is -2.00. The van der Waals surface area contributed by atoms with E-state index in [1.165, 1.54) is 0 Å². The van der Waals surface area contributed by atoms with Gasteiger partial charge in [-0.1, -0.05) is 30.3 Å². The number of benzene rings is 3. The highest BCUT2D eigenvalue weighted by atomic mass is 16.5. The maximum Gasteiger partial charge on any atom is 0.231 e. The van der Waals surface area contributed by atoms with Gasteiger partial charge in [-0.3, -0.25) is 4.79 Å². The second kappa shape index (κ2) is 9.12. The van der Waals surface area contributed by atoms with Crippen LogP contribution in [0.3, 0.4) is 0 Å². The lowest BCUT2D eigenvalue weighted by Gasteiger charge is -2.14. The van der Waals surface area contributed by atoms with Crippen molar-refractivity contribution in [3.8, 4) is 23.4 Å². The maximum atomic E-state index is 13.0. The fraction of sp³-hybridized carbons (Fsp3) is 0.0714. The van der Waals surface area contributed by atoms with E-state index in [2.05, 4.69) is 21.4 Å². The Labute approximate surface area is 202 Å². The fourth-order valence-electron chi connectivity index (χ4n) is 3.81. The fourth-order valence-corrected chi connectivity index (χ4v) is 3.81. The summed E-state index contributed by atoms with van der Waals surface area (Å²) < 4.78 is 12.1. The molecule has 0 atom stereocenters. The third kappa shape index (κ3) is 4.45. The van der Waals surface area contributed by atoms with Crippen LogP contribution < -0.4 is 14.8 Å². The van der Waals surface area contributed by atoms with E-state index in [9.17, 15) is 4.79 Å². The zero-order valence-corrected chi connectivity index (χ0v) is 19.1. The van der Waals surface area contributed by atoms with Crippen molar-refractivity contribution in [2.75, 3.05) is 5.32 Å². The Kier molecular flexibility index (Phi) is 5.70. The van der Waals surface area contributed by atoms with E-state index in [1.54, 1.807) is 48.7 Å². The monoisotopic (exact) mass is 460 g/mol. The van der Waals surface area contributed by atoms with Crippen molar-refractivity contribution in [1.29, 1.82) is 5.26 Å². The van der Waals surface area contributed by atoms with E-state index in [4.69, 9.17) is 14.7 Å². The van der Waals surface area contributed by atoms with Gasteiger partial charge >= 0.3 is 0 Å². The van der Waals surface area contributed by atoms with Crippen LogP contribution in [0.4, 0.5) is 11.6 Å². The predicted molar refractivity (Wildman–Crippen MR) is 132 cm³/mol. The summed E-state index contributed by atoms with van der Waals surface area (Å²) in [5.74, 6) is 1.87. The summed E-state index contributed by atoms with van der Waals surface area (Å²) >= 11 is 0. The largest absolute Gasteiger partial charge is 0.452 e. The number of allylic oxidation sites excluding steroid dienone is 1. The minimum atomic E-state index is -0.155. The molecular weight excluding hydrogens is 440 g/mol. The molecule has 1 aliphatic rings. The van der Waals surface area contributed by atoms with Gasteiger partial charge in [0.15, 0.2) is 5.76 Å². The van der Waals surface area contributed by atoms with Crippen molar-refractivity contribution in [1.82, 2.24) is 9.97 Å². The molecule has 4 aromatic rings. The zero-order valence-electron chi connectivity index (χ0n) is 19.1. The molecule has 7 heteroatoms. The first kappa shape index (κ1) is 21.9. The lowest BCUT2D eigenvalue weighted by atomic mass is 10.0. The average Bonchev–Trinajstić information content (AvgIpc) is 3.18. The van der Waals surface area contributed by atoms with Gasteiger partial charge in [0, 0.05) is 23.5 Å². The molecule has 0 aliphatic carbocycles. The molecule has 3 aromatic carbocycles. The topological polar surface area (TPSA) is 97.1 Å². The third-order valence-electron chi connectivity index (χ3n) is 5.53. The number of anilines is 2. The van der Waals surface area contributed by atoms with Gasteiger partial charge in [0.25, 0.3) is 0 Å². The van der Waals surface area contributed by atoms with Gasteiger partial charge in [-0.15, -0.1) is 0 Å². The molecular formula is C28H20N4O3. The summed E-state index contributed by atoms with van der Waals surface area (Å²) in [6, 6.07) is 22.1. The van der Waals surface area contributed by atoms with E-state index < -0.39 is 0 Å². The molecule has 170 valence electrons. The number of nitriles is 1. The Morgan fingerprint density at radius 3 is 2.57 bits per heavy atom. The van der Waals surface area contributed by atoms with Crippen LogP contribution in [-0.4, -0.2) is 15.8 Å². The summed E-state index contributed by atoms with van der Waals surface area (Å²) in [6.45, 7) is 3.74. The first-order valence-electron chi connectivity index (χ1n) is 10.9. The number of ketones is 1. The van der Waals surface area contributed by atoms with Crippen LogP contribution in [0.5, 0.6) is 17.4 Å². The van der Waals surface area contributed by atoms with Gasteiger partial charge in [0.2, 0.25) is 17.6 Å². The normalized spacial score (nSPS) is 13.2. The Balaban J connectivity index is 1.40. The minimum absolute atomic E-state index is 0.155. The van der Waals surface area contributed by atoms with Gasteiger partial charge in [0.1, 0.15) is 11.5 Å². The Hall–Kier alpha value is -4.96. The van der Waals surface area contributed by atoms with E-state index in [0.29, 0.717) is 40.0 Å². The summed E-state index contributed by atoms with van der Waals surface area (Å²) in [6.07, 6.45) is 3.33. The van der Waals surface area contributed by atoms with Crippen LogP contribution in [0, 0.1) is 25.2 Å². The molecule has 0 saturated carbocycles. The smallest absolute Gasteiger partial charge is 0.231 e. The summed E-state index contributed by atoms with van der Waals surface area (Å²) in [5, 5.41) is 12.0. The third-order valence-corrected chi connectivity index (χ3v) is 5.53. The number of nitrogens with one attached hydrogen (secondary N) is 1. The lowest BCUT2D eigenvalue weighted by molar-refractivity contribution is 0.101. The molecule has 0 bridgehead atoms. The number of hydrogen-bond donors (Lipinski definition) is 1. The Bertz CT molecular complexity index is 1500. The molecule has 1 aromatic heterocycles. The van der Waals surface area contributed by atoms with Gasteiger partial charge in [-0.25, -0.2) is 4.98 Å². The van der Waals surface area contributed by atoms with Crippen molar-refractivity contribution in [3.05, 3.63) is 107 Å². The van der Waals surface area contributed by atoms with Crippen molar-refractivity contribution in [3.63, 3.8) is 0 Å². The standard InChI is InChI=1S/C28H20N4O3/c1-17-14-22-25(33)23(15-19-6-4-3-5-7-19)34-27(22)18(2)26(17)35-24-12-13-30-28(32-24)31-21-10-8-20(16-29)9-11-21/h3-15H,1-2H3,(H,30,31,32)/b23-15-. The number of hydrogen-bond acceptors (Lipinski definition) is 7. The molecule has 0 saturated heterocycles. The molecule has 0 fully saturated rings. The molecule has 0 spiro atoms. The summed E-state index contributed by atoms with van der Waals surface area (Å²) in [4.78, 5) is 21.6. The van der Waals surface area contributed by atoms with Crippen LogP contribution in [0.25, 0.3) is 6.08 Å². The first-order valence-corrected chi connectivity index (χ1v) is 10.9. The molecule has 5 rings (SSSR count). The van der Waals surface area contributed by atoms with Gasteiger partial charge in [-0.05, 0) is 61.4 Å². The Morgan fingerprint density at radius 1 is 1.06 bits per heavy atom. The second-order valence-corrected chi connectivity index (χ2v) is 8.01. The number of Topliss-reactive ketones (excluding diaryl/α,β-unsaturated/α-hetero) is 1. The first-order chi connectivity index (χ1) is 17.0. The van der Waals surface area contributed by atoms with Crippen molar-refractivity contribution in [2.45, 2.75) is 13.8 Å². The number of aryl methyl sites for hydroxylation is 1. The number of aromatic nitrogens is 2. The van der Waals surface area contributed by atoms with Gasteiger partial charge in [0.05, 0.1) is 17.2 Å². The number of ether oxygens (including phenoxy) is 2. The summed E-state index contributed by atoms with van der Waals surface area (Å²) in [5.41, 5.74) is 4.22. The van der Waals surface area contributed by atoms with E-state index in [-0.39, 0.29) is 11.5 Å². The molecule has 0 amide bonds. The number of nitrogens with zero attached hydrogens (tertiary/aromatic N) is 3. The van der Waals surface area contributed by atoms with Crippen LogP contribution in [-0.2, 0) is 0 Å². The van der Waals surface area contributed by atoms with Gasteiger partial charge < -0.3 is 14.8 Å². The highest BCUT2D eigenvalue weighted by Gasteiger charge is 2.31. The predicted octanol–water partition coefficient (Wildman–Crippen LogP) is 6.12. The quantitative estimate of drug-likeness (QED) is 0.359.